The highest BCUT2D eigenvalue weighted by atomic mass is 32.2. The maximum atomic E-state index is 10.9. The van der Waals surface area contributed by atoms with E-state index in [0.29, 0.717) is 0 Å². The molecule has 0 saturated heterocycles. The minimum atomic E-state index is -3.15. The SMILES string of the molecule is O=S([O-])[N-]OS(=O)F. The fourth-order valence-corrected chi connectivity index (χ4v) is 0.439. The molecule has 0 aromatic heterocycles. The first-order valence-electron chi connectivity index (χ1n) is 1.19. The van der Waals surface area contributed by atoms with E-state index >= 15 is 0 Å². The first kappa shape index (κ1) is 8.11. The van der Waals surface area contributed by atoms with Gasteiger partial charge in [-0.3, -0.25) is 4.21 Å². The lowest BCUT2D eigenvalue weighted by Crippen LogP contribution is -1.88. The van der Waals surface area contributed by atoms with Crippen molar-refractivity contribution in [3.8, 4) is 0 Å². The fourth-order valence-electron chi connectivity index (χ4n) is 0.0488. The van der Waals surface area contributed by atoms with E-state index in [-0.39, 0.29) is 0 Å². The Bertz CT molecular complexity index is 98.6. The van der Waals surface area contributed by atoms with Gasteiger partial charge in [0, 0.05) is 0 Å². The quantitative estimate of drug-likeness (QED) is 0.321. The van der Waals surface area contributed by atoms with Crippen LogP contribution in [0.25, 0.3) is 4.89 Å². The molecule has 50 valence electrons. The summed E-state index contributed by atoms with van der Waals surface area (Å²) < 4.78 is 41.9. The lowest BCUT2D eigenvalue weighted by atomic mass is 13.5. The second kappa shape index (κ2) is 4.04. The molecule has 0 radical (unpaired) electrons. The van der Waals surface area contributed by atoms with Crippen molar-refractivity contribution < 1.29 is 21.1 Å². The van der Waals surface area contributed by atoms with Gasteiger partial charge in [-0.2, -0.15) is 4.21 Å². The van der Waals surface area contributed by atoms with Gasteiger partial charge in [-0.25, -0.2) is 0 Å². The van der Waals surface area contributed by atoms with Crippen molar-refractivity contribution in [1.29, 1.82) is 0 Å². The molecule has 8 heteroatoms. The molecular weight excluding hydrogens is 161 g/mol. The van der Waals surface area contributed by atoms with Gasteiger partial charge in [0.2, 0.25) is 0 Å². The Balaban J connectivity index is 3.18. The smallest absolute Gasteiger partial charge is 0.328 e. The van der Waals surface area contributed by atoms with Crippen LogP contribution in [-0.4, -0.2) is 13.0 Å². The molecular formula is FNO4S2-2. The molecule has 0 spiro atoms. The number of halogens is 1. The average molecular weight is 161 g/mol. The van der Waals surface area contributed by atoms with Gasteiger partial charge in [0.05, 0.1) is 0 Å². The first-order valence-corrected chi connectivity index (χ1v) is 3.19. The minimum absolute atomic E-state index is 2.07. The predicted molar refractivity (Wildman–Crippen MR) is 22.6 cm³/mol. The summed E-state index contributed by atoms with van der Waals surface area (Å²) in [7, 11) is 0. The Morgan fingerprint density at radius 1 is 1.62 bits per heavy atom. The summed E-state index contributed by atoms with van der Waals surface area (Å²) in [6.45, 7) is 0. The second-order valence-corrected chi connectivity index (χ2v) is 1.68. The molecule has 0 aliphatic heterocycles. The molecule has 0 heterocycles. The number of hydrogen-bond donors (Lipinski definition) is 0. The zero-order chi connectivity index (χ0) is 6.57. The fraction of sp³-hybridized carbons (Fsp3) is 0. The van der Waals surface area contributed by atoms with Gasteiger partial charge in [-0.15, -0.1) is 15.2 Å². The molecule has 5 nitrogen and oxygen atoms in total. The number of rotatable bonds is 3. The van der Waals surface area contributed by atoms with E-state index in [1.165, 1.54) is 0 Å². The third kappa shape index (κ3) is 6.11. The Labute approximate surface area is 49.5 Å². The van der Waals surface area contributed by atoms with Crippen LogP contribution in [0, 0.1) is 0 Å². The molecule has 0 aliphatic carbocycles. The maximum Gasteiger partial charge on any atom is 0.328 e. The molecule has 0 bridgehead atoms. The van der Waals surface area contributed by atoms with E-state index < -0.39 is 22.7 Å². The summed E-state index contributed by atoms with van der Waals surface area (Å²) in [5.41, 5.74) is 0. The van der Waals surface area contributed by atoms with Gasteiger partial charge in [0.1, 0.15) is 0 Å². The normalized spacial score (nSPS) is 17.8. The van der Waals surface area contributed by atoms with Crippen LogP contribution >= 0.6 is 0 Å². The van der Waals surface area contributed by atoms with Crippen LogP contribution in [0.1, 0.15) is 0 Å². The molecule has 0 aromatic rings. The molecule has 2 unspecified atom stereocenters. The van der Waals surface area contributed by atoms with Gasteiger partial charge in [-0.1, -0.05) is 0 Å². The Hall–Kier alpha value is 0.110. The van der Waals surface area contributed by atoms with E-state index in [0.717, 1.165) is 0 Å². The lowest BCUT2D eigenvalue weighted by Gasteiger charge is -2.18. The van der Waals surface area contributed by atoms with Gasteiger partial charge in [-0.05, 0) is 0 Å². The Morgan fingerprint density at radius 2 is 2.12 bits per heavy atom. The van der Waals surface area contributed by atoms with Crippen molar-refractivity contribution in [3.05, 3.63) is 4.89 Å². The van der Waals surface area contributed by atoms with Crippen molar-refractivity contribution in [2.45, 2.75) is 0 Å². The summed E-state index contributed by atoms with van der Waals surface area (Å²) in [4.78, 5) is 2.07. The molecule has 8 heavy (non-hydrogen) atoms. The Morgan fingerprint density at radius 3 is 2.25 bits per heavy atom. The van der Waals surface area contributed by atoms with Crippen LogP contribution < -0.4 is 0 Å². The van der Waals surface area contributed by atoms with E-state index in [1.54, 1.807) is 0 Å². The van der Waals surface area contributed by atoms with Crippen molar-refractivity contribution in [3.63, 3.8) is 0 Å². The van der Waals surface area contributed by atoms with Gasteiger partial charge in [0.25, 0.3) is 0 Å². The second-order valence-electron chi connectivity index (χ2n) is 0.560. The molecule has 0 saturated carbocycles. The van der Waals surface area contributed by atoms with Crippen LogP contribution in [0.4, 0.5) is 3.89 Å². The third-order valence-electron chi connectivity index (χ3n) is 0.150. The summed E-state index contributed by atoms with van der Waals surface area (Å²) >= 11 is -6.01. The molecule has 0 fully saturated rings. The predicted octanol–water partition coefficient (Wildman–Crippen LogP) is -0.366. The van der Waals surface area contributed by atoms with Crippen molar-refractivity contribution in [1.82, 2.24) is 0 Å². The molecule has 2 atom stereocenters. The van der Waals surface area contributed by atoms with Crippen LogP contribution in [0.15, 0.2) is 0 Å². The van der Waals surface area contributed by atoms with Crippen LogP contribution in [0.2, 0.25) is 0 Å². The molecule has 0 rings (SSSR count). The highest BCUT2D eigenvalue weighted by Crippen LogP contribution is 1.96. The van der Waals surface area contributed by atoms with Crippen LogP contribution in [0.5, 0.6) is 0 Å². The zero-order valence-corrected chi connectivity index (χ0v) is 4.91. The summed E-state index contributed by atoms with van der Waals surface area (Å²) in [6, 6.07) is 0. The number of hydrogen-bond acceptors (Lipinski definition) is 4. The standard InChI is InChI=1S/FHNO4S2/c1-7(3)6-2-8(4)5/h(H,4,5)/q-1/p-1. The van der Waals surface area contributed by atoms with E-state index in [4.69, 9.17) is 0 Å². The lowest BCUT2D eigenvalue weighted by molar-refractivity contribution is 0.437. The molecule has 0 aliphatic rings. The van der Waals surface area contributed by atoms with Crippen molar-refractivity contribution in [2.75, 3.05) is 0 Å². The Kier molecular flexibility index (Phi) is 4.09. The summed E-state index contributed by atoms with van der Waals surface area (Å²) in [6.07, 6.45) is 0. The van der Waals surface area contributed by atoms with E-state index in [1.807, 2.05) is 0 Å². The van der Waals surface area contributed by atoms with Crippen LogP contribution in [0.3, 0.4) is 0 Å². The average Bonchev–Trinajstić information content (AvgIpc) is 1.61. The van der Waals surface area contributed by atoms with Gasteiger partial charge < -0.3 is 13.7 Å². The van der Waals surface area contributed by atoms with Gasteiger partial charge in [0.15, 0.2) is 0 Å². The van der Waals surface area contributed by atoms with Crippen LogP contribution in [-0.2, 0) is 27.0 Å². The minimum Gasteiger partial charge on any atom is -0.788 e. The molecule has 0 N–H and O–H groups in total. The van der Waals surface area contributed by atoms with Crippen molar-refractivity contribution >= 4 is 22.7 Å². The summed E-state index contributed by atoms with van der Waals surface area (Å²) in [5.74, 6) is 0. The topological polar surface area (TPSA) is 80.5 Å². The molecule has 0 amide bonds. The van der Waals surface area contributed by atoms with E-state index in [2.05, 4.69) is 9.17 Å². The highest BCUT2D eigenvalue weighted by molar-refractivity contribution is 7.82. The molecule has 0 aromatic carbocycles. The van der Waals surface area contributed by atoms with Crippen molar-refractivity contribution in [2.24, 2.45) is 0 Å². The zero-order valence-electron chi connectivity index (χ0n) is 3.27. The highest BCUT2D eigenvalue weighted by Gasteiger charge is 1.79. The maximum absolute atomic E-state index is 10.9. The number of nitrogens with zero attached hydrogens (tertiary/aromatic N) is 1. The third-order valence-corrected chi connectivity index (χ3v) is 0.632. The summed E-state index contributed by atoms with van der Waals surface area (Å²) in [5, 5.41) is 0. The largest absolute Gasteiger partial charge is 0.788 e. The first-order chi connectivity index (χ1) is 3.63. The monoisotopic (exact) mass is 161 g/mol. The van der Waals surface area contributed by atoms with E-state index in [9.17, 15) is 16.9 Å². The van der Waals surface area contributed by atoms with Gasteiger partial charge >= 0.3 is 11.5 Å².